The van der Waals surface area contributed by atoms with Crippen LogP contribution < -0.4 is 4.72 Å². The Morgan fingerprint density at radius 1 is 1.33 bits per heavy atom. The lowest BCUT2D eigenvalue weighted by Gasteiger charge is -2.34. The van der Waals surface area contributed by atoms with Crippen LogP contribution in [-0.4, -0.2) is 24.2 Å². The molecule has 5 nitrogen and oxygen atoms in total. The van der Waals surface area contributed by atoms with Gasteiger partial charge in [0.15, 0.2) is 5.03 Å². The largest absolute Gasteiger partial charge is 0.257 e. The summed E-state index contributed by atoms with van der Waals surface area (Å²) in [6.45, 7) is 4.23. The second-order valence-corrected chi connectivity index (χ2v) is 6.99. The van der Waals surface area contributed by atoms with E-state index in [-0.39, 0.29) is 11.1 Å². The summed E-state index contributed by atoms with van der Waals surface area (Å²) in [6, 6.07) is 1.55. The van der Waals surface area contributed by atoms with Gasteiger partial charge in [0.2, 0.25) is 0 Å². The highest BCUT2D eigenvalue weighted by molar-refractivity contribution is 7.89. The third kappa shape index (κ3) is 2.59. The van der Waals surface area contributed by atoms with Crippen molar-refractivity contribution in [3.05, 3.63) is 12.3 Å². The maximum Gasteiger partial charge on any atom is 0.257 e. The van der Waals surface area contributed by atoms with Gasteiger partial charge >= 0.3 is 0 Å². The molecule has 0 radical (unpaired) electrons. The van der Waals surface area contributed by atoms with Crippen LogP contribution in [0.5, 0.6) is 0 Å². The third-order valence-electron chi connectivity index (χ3n) is 3.89. The molecule has 1 saturated carbocycles. The zero-order valence-electron chi connectivity index (χ0n) is 11.1. The van der Waals surface area contributed by atoms with Gasteiger partial charge in [0.25, 0.3) is 10.0 Å². The summed E-state index contributed by atoms with van der Waals surface area (Å²) < 4.78 is 28.8. The molecule has 0 aromatic carbocycles. The number of aryl methyl sites for hydroxylation is 1. The van der Waals surface area contributed by atoms with Crippen LogP contribution in [0.3, 0.4) is 0 Å². The van der Waals surface area contributed by atoms with E-state index in [1.807, 2.05) is 0 Å². The number of sulfonamides is 1. The highest BCUT2D eigenvalue weighted by atomic mass is 32.2. The van der Waals surface area contributed by atoms with Crippen LogP contribution >= 0.6 is 0 Å². The van der Waals surface area contributed by atoms with E-state index in [1.165, 1.54) is 23.4 Å². The summed E-state index contributed by atoms with van der Waals surface area (Å²) in [5.74, 6) is 0.772. The summed E-state index contributed by atoms with van der Waals surface area (Å²) in [4.78, 5) is 0. The molecule has 0 amide bonds. The van der Waals surface area contributed by atoms with Crippen LogP contribution in [0.25, 0.3) is 0 Å². The fourth-order valence-corrected chi connectivity index (χ4v) is 4.36. The highest BCUT2D eigenvalue weighted by Gasteiger charge is 2.32. The first-order valence-corrected chi connectivity index (χ1v) is 7.90. The third-order valence-corrected chi connectivity index (χ3v) is 5.42. The molecule has 1 aromatic heterocycles. The lowest BCUT2D eigenvalue weighted by molar-refractivity contribution is 0.233. The Labute approximate surface area is 109 Å². The van der Waals surface area contributed by atoms with E-state index in [0.717, 1.165) is 12.8 Å². The molecule has 1 aliphatic rings. The van der Waals surface area contributed by atoms with E-state index in [1.54, 1.807) is 7.05 Å². The molecule has 1 aliphatic carbocycles. The molecular weight excluding hydrogens is 250 g/mol. The minimum absolute atomic E-state index is 0.0265. The van der Waals surface area contributed by atoms with Crippen LogP contribution in [0.1, 0.15) is 33.1 Å². The molecule has 2 rings (SSSR count). The molecule has 1 unspecified atom stereocenters. The minimum atomic E-state index is -3.46. The van der Waals surface area contributed by atoms with Crippen molar-refractivity contribution in [3.8, 4) is 0 Å². The molecule has 1 fully saturated rings. The second-order valence-electron chi connectivity index (χ2n) is 5.33. The molecule has 6 heteroatoms. The van der Waals surface area contributed by atoms with E-state index < -0.39 is 10.0 Å². The average Bonchev–Trinajstić information content (AvgIpc) is 2.71. The van der Waals surface area contributed by atoms with Gasteiger partial charge in [0.05, 0.1) is 6.20 Å². The van der Waals surface area contributed by atoms with Gasteiger partial charge in [0.1, 0.15) is 0 Å². The summed E-state index contributed by atoms with van der Waals surface area (Å²) in [5, 5.41) is 4.14. The van der Waals surface area contributed by atoms with Crippen molar-refractivity contribution in [1.29, 1.82) is 0 Å². The molecule has 18 heavy (non-hydrogen) atoms. The molecule has 0 saturated heterocycles. The Morgan fingerprint density at radius 2 is 1.94 bits per heavy atom. The second kappa shape index (κ2) is 5.01. The van der Waals surface area contributed by atoms with Gasteiger partial charge in [-0.2, -0.15) is 5.10 Å². The summed E-state index contributed by atoms with van der Waals surface area (Å²) in [6.07, 6.45) is 4.86. The Kier molecular flexibility index (Phi) is 3.77. The number of nitrogens with zero attached hydrogens (tertiary/aromatic N) is 2. The lowest BCUT2D eigenvalue weighted by atomic mass is 9.79. The Morgan fingerprint density at radius 3 is 2.44 bits per heavy atom. The SMILES string of the molecule is C[C@@H]1CCC[C@H](C)C1NS(=O)(=O)c1ccnn1C. The first-order valence-electron chi connectivity index (χ1n) is 6.42. The number of rotatable bonds is 3. The Hall–Kier alpha value is -0.880. The fourth-order valence-electron chi connectivity index (χ4n) is 2.78. The number of aromatic nitrogens is 2. The van der Waals surface area contributed by atoms with Gasteiger partial charge in [-0.25, -0.2) is 13.1 Å². The first kappa shape index (κ1) is 13.5. The van der Waals surface area contributed by atoms with Crippen molar-refractivity contribution < 1.29 is 8.42 Å². The molecule has 1 N–H and O–H groups in total. The topological polar surface area (TPSA) is 64.0 Å². The van der Waals surface area contributed by atoms with Gasteiger partial charge in [-0.3, -0.25) is 4.68 Å². The van der Waals surface area contributed by atoms with E-state index >= 15 is 0 Å². The highest BCUT2D eigenvalue weighted by Crippen LogP contribution is 2.29. The molecule has 0 bridgehead atoms. The van der Waals surface area contributed by atoms with E-state index in [2.05, 4.69) is 23.7 Å². The zero-order chi connectivity index (χ0) is 13.3. The summed E-state index contributed by atoms with van der Waals surface area (Å²) >= 11 is 0. The minimum Gasteiger partial charge on any atom is -0.256 e. The van der Waals surface area contributed by atoms with Crippen molar-refractivity contribution in [2.24, 2.45) is 18.9 Å². The molecule has 1 heterocycles. The van der Waals surface area contributed by atoms with Gasteiger partial charge < -0.3 is 0 Å². The smallest absolute Gasteiger partial charge is 0.256 e. The number of nitrogens with one attached hydrogen (secondary N) is 1. The van der Waals surface area contributed by atoms with Crippen molar-refractivity contribution in [2.75, 3.05) is 0 Å². The van der Waals surface area contributed by atoms with Crippen LogP contribution in [0.15, 0.2) is 17.3 Å². The molecule has 0 aliphatic heterocycles. The monoisotopic (exact) mass is 271 g/mol. The molecule has 3 atom stereocenters. The molecular formula is C12H21N3O2S. The van der Waals surface area contributed by atoms with Gasteiger partial charge in [-0.15, -0.1) is 0 Å². The first-order chi connectivity index (χ1) is 8.42. The zero-order valence-corrected chi connectivity index (χ0v) is 11.9. The van der Waals surface area contributed by atoms with E-state index in [9.17, 15) is 8.42 Å². The van der Waals surface area contributed by atoms with Gasteiger partial charge in [-0.05, 0) is 30.7 Å². The van der Waals surface area contributed by atoms with E-state index in [4.69, 9.17) is 0 Å². The summed E-state index contributed by atoms with van der Waals surface area (Å²) in [7, 11) is -1.82. The summed E-state index contributed by atoms with van der Waals surface area (Å²) in [5.41, 5.74) is 0. The standard InChI is InChI=1S/C12H21N3O2S/c1-9-5-4-6-10(2)12(9)14-18(16,17)11-7-8-13-15(11)3/h7-10,12,14H,4-6H2,1-3H3/t9-,10+,12?. The Bertz CT molecular complexity index is 499. The van der Waals surface area contributed by atoms with Crippen LogP contribution in [-0.2, 0) is 17.1 Å². The maximum absolute atomic E-state index is 12.3. The molecule has 1 aromatic rings. The van der Waals surface area contributed by atoms with Gasteiger partial charge in [0, 0.05) is 13.1 Å². The van der Waals surface area contributed by atoms with Crippen LogP contribution in [0.2, 0.25) is 0 Å². The van der Waals surface area contributed by atoms with Crippen molar-refractivity contribution in [3.63, 3.8) is 0 Å². The average molecular weight is 271 g/mol. The van der Waals surface area contributed by atoms with Crippen LogP contribution in [0.4, 0.5) is 0 Å². The maximum atomic E-state index is 12.3. The lowest BCUT2D eigenvalue weighted by Crippen LogP contribution is -2.46. The number of hydrogen-bond donors (Lipinski definition) is 1. The normalized spacial score (nSPS) is 29.4. The number of hydrogen-bond acceptors (Lipinski definition) is 3. The van der Waals surface area contributed by atoms with Crippen LogP contribution in [0, 0.1) is 11.8 Å². The van der Waals surface area contributed by atoms with Gasteiger partial charge in [-0.1, -0.05) is 20.3 Å². The molecule has 102 valence electrons. The quantitative estimate of drug-likeness (QED) is 0.906. The predicted molar refractivity (Wildman–Crippen MR) is 69.5 cm³/mol. The van der Waals surface area contributed by atoms with Crippen molar-refractivity contribution in [2.45, 2.75) is 44.2 Å². The fraction of sp³-hybridized carbons (Fsp3) is 0.750. The predicted octanol–water partition coefficient (Wildman–Crippen LogP) is 1.52. The van der Waals surface area contributed by atoms with E-state index in [0.29, 0.717) is 11.8 Å². The molecule has 0 spiro atoms. The Balaban J connectivity index is 2.20. The van der Waals surface area contributed by atoms with Crippen molar-refractivity contribution >= 4 is 10.0 Å². The van der Waals surface area contributed by atoms with Crippen molar-refractivity contribution in [1.82, 2.24) is 14.5 Å².